The van der Waals surface area contributed by atoms with Gasteiger partial charge in [-0.2, -0.15) is 0 Å². The Kier molecular flexibility index (Phi) is 3.62. The van der Waals surface area contributed by atoms with E-state index in [4.69, 9.17) is 9.47 Å². The maximum Gasteiger partial charge on any atom is 0.197 e. The normalized spacial score (nSPS) is 14.6. The monoisotopic (exact) mass is 225 g/mol. The molecule has 4 heteroatoms. The van der Waals surface area contributed by atoms with E-state index in [1.807, 2.05) is 13.1 Å². The quantitative estimate of drug-likeness (QED) is 0.850. The number of benzene rings is 1. The van der Waals surface area contributed by atoms with E-state index >= 15 is 0 Å². The molecule has 2 rings (SSSR count). The first-order valence-corrected chi connectivity index (χ1v) is 5.54. The van der Waals surface area contributed by atoms with Crippen LogP contribution < -0.4 is 14.8 Å². The number of halogens is 1. The number of likely N-dealkylation sites (N-methyl/N-ethyl adjacent to an activating group) is 1. The zero-order valence-electron chi connectivity index (χ0n) is 9.38. The average Bonchev–Trinajstić information content (AvgIpc) is 2.51. The molecule has 88 valence electrons. The summed E-state index contributed by atoms with van der Waals surface area (Å²) < 4.78 is 24.5. The Labute approximate surface area is 94.6 Å². The third kappa shape index (κ3) is 2.44. The van der Waals surface area contributed by atoms with Gasteiger partial charge in [0.15, 0.2) is 17.3 Å². The fourth-order valence-electron chi connectivity index (χ4n) is 1.70. The number of nitrogens with one attached hydrogen (secondary N) is 1. The summed E-state index contributed by atoms with van der Waals surface area (Å²) >= 11 is 0. The summed E-state index contributed by atoms with van der Waals surface area (Å²) in [7, 11) is 1.87. The lowest BCUT2D eigenvalue weighted by Gasteiger charge is -2.10. The van der Waals surface area contributed by atoms with Crippen LogP contribution in [0.15, 0.2) is 12.1 Å². The van der Waals surface area contributed by atoms with Crippen LogP contribution in [0.25, 0.3) is 0 Å². The Bertz CT molecular complexity index is 368. The molecule has 0 saturated carbocycles. The highest BCUT2D eigenvalue weighted by molar-refractivity contribution is 5.44. The third-order valence-corrected chi connectivity index (χ3v) is 2.53. The zero-order valence-corrected chi connectivity index (χ0v) is 9.38. The summed E-state index contributed by atoms with van der Waals surface area (Å²) in [6.07, 6.45) is 1.57. The van der Waals surface area contributed by atoms with Crippen molar-refractivity contribution in [2.24, 2.45) is 0 Å². The molecule has 0 radical (unpaired) electrons. The molecule has 0 amide bonds. The van der Waals surface area contributed by atoms with Gasteiger partial charge >= 0.3 is 0 Å². The highest BCUT2D eigenvalue weighted by Crippen LogP contribution is 2.33. The molecule has 1 aliphatic rings. The van der Waals surface area contributed by atoms with Crippen LogP contribution >= 0.6 is 0 Å². The average molecular weight is 225 g/mol. The van der Waals surface area contributed by atoms with Crippen molar-refractivity contribution in [3.8, 4) is 11.5 Å². The van der Waals surface area contributed by atoms with Crippen molar-refractivity contribution in [1.82, 2.24) is 5.32 Å². The number of hydrogen-bond acceptors (Lipinski definition) is 3. The van der Waals surface area contributed by atoms with Gasteiger partial charge < -0.3 is 14.8 Å². The lowest BCUT2D eigenvalue weighted by molar-refractivity contribution is 0.292. The van der Waals surface area contributed by atoms with Gasteiger partial charge in [0.05, 0.1) is 13.2 Å². The molecule has 1 aliphatic heterocycles. The predicted molar refractivity (Wildman–Crippen MR) is 59.6 cm³/mol. The largest absolute Gasteiger partial charge is 0.489 e. The van der Waals surface area contributed by atoms with E-state index in [1.165, 1.54) is 6.07 Å². The first-order valence-electron chi connectivity index (χ1n) is 5.54. The number of fused-ring (bicyclic) bond motifs is 1. The van der Waals surface area contributed by atoms with Gasteiger partial charge in [-0.15, -0.1) is 0 Å². The van der Waals surface area contributed by atoms with Crippen LogP contribution in [0.3, 0.4) is 0 Å². The molecule has 1 heterocycles. The van der Waals surface area contributed by atoms with E-state index < -0.39 is 0 Å². The molecule has 0 spiro atoms. The third-order valence-electron chi connectivity index (χ3n) is 2.53. The highest BCUT2D eigenvalue weighted by atomic mass is 19.1. The van der Waals surface area contributed by atoms with Crippen molar-refractivity contribution in [2.75, 3.05) is 26.8 Å². The number of rotatable bonds is 3. The second kappa shape index (κ2) is 5.16. The molecule has 1 aromatic carbocycles. The first-order chi connectivity index (χ1) is 7.81. The lowest BCUT2D eigenvalue weighted by atomic mass is 10.1. The minimum Gasteiger partial charge on any atom is -0.489 e. The number of ether oxygens (including phenoxy) is 2. The predicted octanol–water partition coefficient (Wildman–Crippen LogP) is 1.75. The van der Waals surface area contributed by atoms with E-state index in [0.717, 1.165) is 24.9 Å². The topological polar surface area (TPSA) is 30.5 Å². The van der Waals surface area contributed by atoms with Crippen LogP contribution in [-0.4, -0.2) is 26.8 Å². The standard InChI is InChI=1S/C12H16FNO2/c1-14-4-3-9-7-10(13)12-11(8-9)15-5-2-6-16-12/h7-8,14H,2-6H2,1H3. The summed E-state index contributed by atoms with van der Waals surface area (Å²) in [6.45, 7) is 1.92. The van der Waals surface area contributed by atoms with E-state index in [0.29, 0.717) is 19.0 Å². The lowest BCUT2D eigenvalue weighted by Crippen LogP contribution is -2.10. The molecule has 0 saturated heterocycles. The molecule has 0 aromatic heterocycles. The van der Waals surface area contributed by atoms with Gasteiger partial charge in [-0.1, -0.05) is 0 Å². The van der Waals surface area contributed by atoms with Gasteiger partial charge in [0.1, 0.15) is 0 Å². The van der Waals surface area contributed by atoms with Gasteiger partial charge in [0.2, 0.25) is 0 Å². The summed E-state index contributed by atoms with van der Waals surface area (Å²) in [5.74, 6) is 0.458. The highest BCUT2D eigenvalue weighted by Gasteiger charge is 2.16. The van der Waals surface area contributed by atoms with Crippen LogP contribution in [0.1, 0.15) is 12.0 Å². The van der Waals surface area contributed by atoms with E-state index in [1.54, 1.807) is 0 Å². The second-order valence-electron chi connectivity index (χ2n) is 3.81. The van der Waals surface area contributed by atoms with Gasteiger partial charge in [-0.3, -0.25) is 0 Å². The Balaban J connectivity index is 2.24. The molecule has 1 N–H and O–H groups in total. The maximum atomic E-state index is 13.7. The SMILES string of the molecule is CNCCc1cc(F)c2c(c1)OCCCO2. The maximum absolute atomic E-state index is 13.7. The second-order valence-corrected chi connectivity index (χ2v) is 3.81. The number of hydrogen-bond donors (Lipinski definition) is 1. The van der Waals surface area contributed by atoms with Crippen LogP contribution in [0.2, 0.25) is 0 Å². The summed E-state index contributed by atoms with van der Waals surface area (Å²) in [5, 5.41) is 3.03. The molecular weight excluding hydrogens is 209 g/mol. The Morgan fingerprint density at radius 3 is 2.94 bits per heavy atom. The molecular formula is C12H16FNO2. The molecule has 0 fully saturated rings. The molecule has 16 heavy (non-hydrogen) atoms. The van der Waals surface area contributed by atoms with Crippen molar-refractivity contribution in [1.29, 1.82) is 0 Å². The fourth-order valence-corrected chi connectivity index (χ4v) is 1.70. The summed E-state index contributed by atoms with van der Waals surface area (Å²) in [6, 6.07) is 3.38. The molecule has 0 atom stereocenters. The Morgan fingerprint density at radius 1 is 1.31 bits per heavy atom. The molecule has 3 nitrogen and oxygen atoms in total. The van der Waals surface area contributed by atoms with Gasteiger partial charge in [0.25, 0.3) is 0 Å². The molecule has 0 unspecified atom stereocenters. The van der Waals surface area contributed by atoms with Gasteiger partial charge in [0, 0.05) is 6.42 Å². The van der Waals surface area contributed by atoms with Crippen LogP contribution in [0.4, 0.5) is 4.39 Å². The van der Waals surface area contributed by atoms with E-state index in [-0.39, 0.29) is 11.6 Å². The van der Waals surface area contributed by atoms with Crippen molar-refractivity contribution in [3.05, 3.63) is 23.5 Å². The molecule has 0 aliphatic carbocycles. The van der Waals surface area contributed by atoms with Crippen molar-refractivity contribution >= 4 is 0 Å². The van der Waals surface area contributed by atoms with Crippen molar-refractivity contribution < 1.29 is 13.9 Å². The first kappa shape index (κ1) is 11.2. The van der Waals surface area contributed by atoms with Crippen LogP contribution in [0, 0.1) is 5.82 Å². The van der Waals surface area contributed by atoms with E-state index in [2.05, 4.69) is 5.32 Å². The smallest absolute Gasteiger partial charge is 0.197 e. The van der Waals surface area contributed by atoms with Crippen molar-refractivity contribution in [2.45, 2.75) is 12.8 Å². The summed E-state index contributed by atoms with van der Waals surface area (Å²) in [4.78, 5) is 0. The van der Waals surface area contributed by atoms with E-state index in [9.17, 15) is 4.39 Å². The van der Waals surface area contributed by atoms with Gasteiger partial charge in [-0.25, -0.2) is 4.39 Å². The Hall–Kier alpha value is -1.29. The van der Waals surface area contributed by atoms with Gasteiger partial charge in [-0.05, 0) is 37.7 Å². The minimum atomic E-state index is -0.328. The minimum absolute atomic E-state index is 0.255. The van der Waals surface area contributed by atoms with Crippen LogP contribution in [-0.2, 0) is 6.42 Å². The summed E-state index contributed by atoms with van der Waals surface area (Å²) in [5.41, 5.74) is 0.927. The molecule has 1 aromatic rings. The molecule has 0 bridgehead atoms. The van der Waals surface area contributed by atoms with Crippen LogP contribution in [0.5, 0.6) is 11.5 Å². The zero-order chi connectivity index (χ0) is 11.4. The fraction of sp³-hybridized carbons (Fsp3) is 0.500. The Morgan fingerprint density at radius 2 is 2.12 bits per heavy atom. The van der Waals surface area contributed by atoms with Crippen molar-refractivity contribution in [3.63, 3.8) is 0 Å².